The van der Waals surface area contributed by atoms with Crippen molar-refractivity contribution in [1.82, 2.24) is 10.3 Å². The van der Waals surface area contributed by atoms with Gasteiger partial charge in [-0.25, -0.2) is 4.99 Å². The molecule has 136 valence electrons. The van der Waals surface area contributed by atoms with Gasteiger partial charge in [0.05, 0.1) is 22.8 Å². The van der Waals surface area contributed by atoms with Gasteiger partial charge in [0.2, 0.25) is 11.7 Å². The van der Waals surface area contributed by atoms with E-state index in [2.05, 4.69) is 20.6 Å². The Morgan fingerprint density at radius 2 is 1.59 bits per heavy atom. The van der Waals surface area contributed by atoms with Gasteiger partial charge in [-0.1, -0.05) is 34.6 Å². The van der Waals surface area contributed by atoms with Crippen molar-refractivity contribution in [3.63, 3.8) is 0 Å². The van der Waals surface area contributed by atoms with Crippen molar-refractivity contribution in [2.24, 2.45) is 4.99 Å². The van der Waals surface area contributed by atoms with Crippen LogP contribution >= 0.6 is 0 Å². The SMILES string of the molecule is Cc1noc(/N=C2/C=C(Nc3onc(C)c3C)C(=O)c3ccccc32)c1C. The molecule has 0 bridgehead atoms. The summed E-state index contributed by atoms with van der Waals surface area (Å²) in [6.45, 7) is 7.48. The molecular formula is C20H18N4O3. The Morgan fingerprint density at radius 3 is 2.22 bits per heavy atom. The summed E-state index contributed by atoms with van der Waals surface area (Å²) in [6.07, 6.45) is 1.69. The normalized spacial score (nSPS) is 15.0. The first-order valence-electron chi connectivity index (χ1n) is 8.53. The van der Waals surface area contributed by atoms with Crippen molar-refractivity contribution in [3.8, 4) is 0 Å². The predicted octanol–water partition coefficient (Wildman–Crippen LogP) is 4.21. The molecule has 7 heteroatoms. The van der Waals surface area contributed by atoms with E-state index in [0.717, 1.165) is 28.1 Å². The number of carbonyl (C=O) groups excluding carboxylic acids is 1. The number of aryl methyl sites for hydroxylation is 2. The summed E-state index contributed by atoms with van der Waals surface area (Å²) in [5.41, 5.74) is 5.54. The quantitative estimate of drug-likeness (QED) is 0.750. The van der Waals surface area contributed by atoms with Crippen LogP contribution in [0, 0.1) is 27.7 Å². The van der Waals surface area contributed by atoms with E-state index in [-0.39, 0.29) is 5.78 Å². The van der Waals surface area contributed by atoms with E-state index in [0.29, 0.717) is 28.7 Å². The minimum atomic E-state index is -0.136. The van der Waals surface area contributed by atoms with E-state index in [1.807, 2.05) is 45.9 Å². The number of carbonyl (C=O) groups is 1. The molecule has 1 N–H and O–H groups in total. The summed E-state index contributed by atoms with van der Waals surface area (Å²) in [5, 5.41) is 10.9. The molecule has 0 amide bonds. The first kappa shape index (κ1) is 17.0. The zero-order chi connectivity index (χ0) is 19.1. The van der Waals surface area contributed by atoms with Crippen LogP contribution in [0.15, 0.2) is 50.1 Å². The Balaban J connectivity index is 1.82. The second kappa shape index (κ2) is 6.35. The second-order valence-electron chi connectivity index (χ2n) is 6.48. The fourth-order valence-corrected chi connectivity index (χ4v) is 2.79. The van der Waals surface area contributed by atoms with E-state index in [1.165, 1.54) is 0 Å². The number of fused-ring (bicyclic) bond motifs is 1. The van der Waals surface area contributed by atoms with Crippen LogP contribution in [0.4, 0.5) is 11.8 Å². The van der Waals surface area contributed by atoms with Crippen LogP contribution in [0.2, 0.25) is 0 Å². The number of nitrogens with zero attached hydrogens (tertiary/aromatic N) is 3. The van der Waals surface area contributed by atoms with Crippen LogP contribution in [0.1, 0.15) is 38.4 Å². The number of aromatic nitrogens is 2. The van der Waals surface area contributed by atoms with Gasteiger partial charge in [0.1, 0.15) is 0 Å². The standard InChI is InChI=1S/C20H18N4O3/c1-10-12(3)23-26-19(10)21-16-9-17(22-20-11(2)13(4)24-27-20)18(25)15-8-6-5-7-14(15)16/h5-9,22H,1-4H3/b21-16-. The molecule has 1 aliphatic rings. The van der Waals surface area contributed by atoms with E-state index < -0.39 is 0 Å². The molecule has 7 nitrogen and oxygen atoms in total. The summed E-state index contributed by atoms with van der Waals surface area (Å²) in [5.74, 6) is 0.731. The van der Waals surface area contributed by atoms with E-state index in [9.17, 15) is 4.79 Å². The molecule has 0 unspecified atom stereocenters. The number of hydrogen-bond donors (Lipinski definition) is 1. The number of benzene rings is 1. The average Bonchev–Trinajstić information content (AvgIpc) is 3.16. The Labute approximate surface area is 155 Å². The van der Waals surface area contributed by atoms with Gasteiger partial charge < -0.3 is 14.4 Å². The van der Waals surface area contributed by atoms with Crippen LogP contribution in [-0.2, 0) is 0 Å². The molecule has 1 aromatic carbocycles. The lowest BCUT2D eigenvalue weighted by Gasteiger charge is -2.17. The zero-order valence-electron chi connectivity index (χ0n) is 15.5. The average molecular weight is 362 g/mol. The minimum absolute atomic E-state index is 0.136. The summed E-state index contributed by atoms with van der Waals surface area (Å²) < 4.78 is 10.6. The molecule has 0 spiro atoms. The van der Waals surface area contributed by atoms with E-state index in [1.54, 1.807) is 12.1 Å². The number of ketones is 1. The molecule has 0 aliphatic heterocycles. The highest BCUT2D eigenvalue weighted by Gasteiger charge is 2.26. The van der Waals surface area contributed by atoms with Crippen LogP contribution in [0.25, 0.3) is 0 Å². The zero-order valence-corrected chi connectivity index (χ0v) is 15.5. The van der Waals surface area contributed by atoms with Crippen molar-refractivity contribution in [2.45, 2.75) is 27.7 Å². The number of aliphatic imine (C=N–C) groups is 1. The van der Waals surface area contributed by atoms with Gasteiger partial charge in [-0.15, -0.1) is 0 Å². The van der Waals surface area contributed by atoms with Crippen molar-refractivity contribution in [2.75, 3.05) is 5.32 Å². The lowest BCUT2D eigenvalue weighted by Crippen LogP contribution is -2.22. The summed E-state index contributed by atoms with van der Waals surface area (Å²) in [4.78, 5) is 17.5. The third-order valence-electron chi connectivity index (χ3n) is 4.73. The van der Waals surface area contributed by atoms with Crippen LogP contribution in [0.5, 0.6) is 0 Å². The number of allylic oxidation sites excluding steroid dienone is 2. The second-order valence-corrected chi connectivity index (χ2v) is 6.48. The highest BCUT2D eigenvalue weighted by Crippen LogP contribution is 2.28. The van der Waals surface area contributed by atoms with Crippen molar-refractivity contribution < 1.29 is 13.8 Å². The van der Waals surface area contributed by atoms with Gasteiger partial charge in [0, 0.05) is 22.3 Å². The molecular weight excluding hydrogens is 344 g/mol. The number of rotatable bonds is 3. The molecule has 27 heavy (non-hydrogen) atoms. The Kier molecular flexibility index (Phi) is 3.99. The Bertz CT molecular complexity index is 1120. The molecule has 2 aromatic heterocycles. The number of hydrogen-bond acceptors (Lipinski definition) is 7. The first-order chi connectivity index (χ1) is 13.0. The van der Waals surface area contributed by atoms with Crippen LogP contribution < -0.4 is 5.32 Å². The molecule has 0 saturated heterocycles. The molecule has 1 aliphatic carbocycles. The van der Waals surface area contributed by atoms with Gasteiger partial charge in [-0.05, 0) is 33.8 Å². The van der Waals surface area contributed by atoms with Crippen LogP contribution in [0.3, 0.4) is 0 Å². The molecule has 0 fully saturated rings. The Morgan fingerprint density at radius 1 is 0.926 bits per heavy atom. The van der Waals surface area contributed by atoms with Crippen molar-refractivity contribution in [3.05, 3.63) is 69.7 Å². The fourth-order valence-electron chi connectivity index (χ4n) is 2.79. The number of Topliss-reactive ketones (excluding diaryl/α,β-unsaturated/α-hetero) is 1. The number of anilines is 1. The lowest BCUT2D eigenvalue weighted by atomic mass is 9.92. The van der Waals surface area contributed by atoms with Gasteiger partial charge in [0.15, 0.2) is 0 Å². The smallest absolute Gasteiger partial charge is 0.254 e. The first-order valence-corrected chi connectivity index (χ1v) is 8.53. The number of nitrogens with one attached hydrogen (secondary N) is 1. The van der Waals surface area contributed by atoms with Gasteiger partial charge in [0.25, 0.3) is 5.88 Å². The molecule has 4 rings (SSSR count). The Hall–Kier alpha value is -3.48. The largest absolute Gasteiger partial charge is 0.338 e. The summed E-state index contributed by atoms with van der Waals surface area (Å²) >= 11 is 0. The van der Waals surface area contributed by atoms with Crippen LogP contribution in [-0.4, -0.2) is 21.8 Å². The molecule has 0 radical (unpaired) electrons. The summed E-state index contributed by atoms with van der Waals surface area (Å²) in [7, 11) is 0. The molecule has 2 heterocycles. The third kappa shape index (κ3) is 2.87. The van der Waals surface area contributed by atoms with Crippen molar-refractivity contribution in [1.29, 1.82) is 0 Å². The van der Waals surface area contributed by atoms with Gasteiger partial charge in [-0.2, -0.15) is 0 Å². The van der Waals surface area contributed by atoms with Crippen molar-refractivity contribution >= 4 is 23.3 Å². The van der Waals surface area contributed by atoms with E-state index in [4.69, 9.17) is 9.05 Å². The van der Waals surface area contributed by atoms with E-state index >= 15 is 0 Å². The maximum atomic E-state index is 12.9. The lowest BCUT2D eigenvalue weighted by molar-refractivity contribution is 0.103. The molecule has 0 saturated carbocycles. The fraction of sp³-hybridized carbons (Fsp3) is 0.200. The third-order valence-corrected chi connectivity index (χ3v) is 4.73. The minimum Gasteiger partial charge on any atom is -0.338 e. The van der Waals surface area contributed by atoms with Gasteiger partial charge in [-0.3, -0.25) is 4.79 Å². The maximum absolute atomic E-state index is 12.9. The monoisotopic (exact) mass is 362 g/mol. The molecule has 0 atom stereocenters. The maximum Gasteiger partial charge on any atom is 0.254 e. The highest BCUT2D eigenvalue weighted by atomic mass is 16.5. The predicted molar refractivity (Wildman–Crippen MR) is 101 cm³/mol. The summed E-state index contributed by atoms with van der Waals surface area (Å²) in [6, 6.07) is 7.34. The highest BCUT2D eigenvalue weighted by molar-refractivity contribution is 6.27. The topological polar surface area (TPSA) is 93.5 Å². The molecule has 3 aromatic rings. The van der Waals surface area contributed by atoms with Gasteiger partial charge >= 0.3 is 0 Å².